The van der Waals surface area contributed by atoms with Crippen molar-refractivity contribution in [1.82, 2.24) is 10.4 Å². The van der Waals surface area contributed by atoms with Gasteiger partial charge in [0.25, 0.3) is 5.91 Å². The lowest BCUT2D eigenvalue weighted by Gasteiger charge is -2.09. The molecule has 2 aromatic carbocycles. The van der Waals surface area contributed by atoms with Crippen molar-refractivity contribution < 1.29 is 4.79 Å². The van der Waals surface area contributed by atoms with E-state index in [0.29, 0.717) is 16.3 Å². The lowest BCUT2D eigenvalue weighted by molar-refractivity contribution is 0.0957. The minimum atomic E-state index is -0.281. The van der Waals surface area contributed by atoms with Gasteiger partial charge in [0.15, 0.2) is 0 Å². The van der Waals surface area contributed by atoms with Gasteiger partial charge >= 0.3 is 0 Å². The van der Waals surface area contributed by atoms with Crippen LogP contribution in [0.2, 0.25) is 5.02 Å². The summed E-state index contributed by atoms with van der Waals surface area (Å²) in [7, 11) is 0. The van der Waals surface area contributed by atoms with Crippen molar-refractivity contribution in [1.29, 1.82) is 0 Å². The Kier molecular flexibility index (Phi) is 4.96. The molecule has 2 aromatic heterocycles. The van der Waals surface area contributed by atoms with E-state index in [1.165, 1.54) is 0 Å². The van der Waals surface area contributed by atoms with Gasteiger partial charge < -0.3 is 0 Å². The Balaban J connectivity index is 1.71. The average Bonchev–Trinajstić information content (AvgIpc) is 3.21. The molecule has 4 nitrogen and oxygen atoms in total. The predicted octanol–water partition coefficient (Wildman–Crippen LogP) is 5.38. The van der Waals surface area contributed by atoms with E-state index in [1.807, 2.05) is 53.9 Å². The summed E-state index contributed by atoms with van der Waals surface area (Å²) in [5.74, 6) is -0.281. The highest BCUT2D eigenvalue weighted by Crippen LogP contribution is 2.26. The maximum Gasteiger partial charge on any atom is 0.272 e. The highest BCUT2D eigenvalue weighted by atomic mass is 35.5. The summed E-state index contributed by atoms with van der Waals surface area (Å²) in [5.41, 5.74) is 5.47. The summed E-state index contributed by atoms with van der Waals surface area (Å²) in [6.45, 7) is 0. The Hall–Kier alpha value is -3.02. The van der Waals surface area contributed by atoms with Crippen molar-refractivity contribution in [3.63, 3.8) is 0 Å². The van der Waals surface area contributed by atoms with Gasteiger partial charge in [-0.25, -0.2) is 10.4 Å². The van der Waals surface area contributed by atoms with Crippen LogP contribution in [0.5, 0.6) is 0 Å². The molecule has 2 heterocycles. The van der Waals surface area contributed by atoms with E-state index >= 15 is 0 Å². The molecule has 4 rings (SSSR count). The normalized spacial score (nSPS) is 11.1. The zero-order valence-corrected chi connectivity index (χ0v) is 15.7. The molecule has 0 aliphatic carbocycles. The molecule has 6 heteroatoms. The van der Waals surface area contributed by atoms with E-state index in [9.17, 15) is 4.79 Å². The first-order chi connectivity index (χ1) is 13.2. The van der Waals surface area contributed by atoms with E-state index < -0.39 is 0 Å². The van der Waals surface area contributed by atoms with Gasteiger partial charge in [0, 0.05) is 20.8 Å². The molecule has 0 spiro atoms. The zero-order chi connectivity index (χ0) is 18.6. The third kappa shape index (κ3) is 3.89. The number of nitrogens with zero attached hydrogens (tertiary/aromatic N) is 2. The molecule has 132 valence electrons. The molecule has 0 aliphatic heterocycles. The molecule has 0 radical (unpaired) electrons. The lowest BCUT2D eigenvalue weighted by atomic mass is 10.0. The van der Waals surface area contributed by atoms with Crippen molar-refractivity contribution in [2.45, 2.75) is 0 Å². The third-order valence-electron chi connectivity index (χ3n) is 4.00. The Bertz CT molecular complexity index is 1120. The van der Waals surface area contributed by atoms with Gasteiger partial charge in [-0.3, -0.25) is 4.79 Å². The SMILES string of the molecule is O=C(NN=Cc1cccs1)c1cc(-c2ccc(Cl)cc2)nc2ccccc12. The van der Waals surface area contributed by atoms with Gasteiger partial charge in [-0.2, -0.15) is 5.10 Å². The van der Waals surface area contributed by atoms with Crippen LogP contribution in [0.25, 0.3) is 22.2 Å². The van der Waals surface area contributed by atoms with Crippen molar-refractivity contribution in [2.24, 2.45) is 5.10 Å². The first-order valence-electron chi connectivity index (χ1n) is 8.23. The quantitative estimate of drug-likeness (QED) is 0.375. The number of amides is 1. The monoisotopic (exact) mass is 391 g/mol. The van der Waals surface area contributed by atoms with Crippen LogP contribution in [-0.4, -0.2) is 17.1 Å². The van der Waals surface area contributed by atoms with E-state index in [1.54, 1.807) is 35.8 Å². The standard InChI is InChI=1S/C21H14ClN3OS/c22-15-9-7-14(8-10-15)20-12-18(17-5-1-2-6-19(17)24-20)21(26)25-23-13-16-4-3-11-27-16/h1-13H,(H,25,26). The van der Waals surface area contributed by atoms with Crippen molar-refractivity contribution in [3.8, 4) is 11.3 Å². The van der Waals surface area contributed by atoms with Crippen LogP contribution < -0.4 is 5.43 Å². The molecule has 0 unspecified atom stereocenters. The number of thiophene rings is 1. The largest absolute Gasteiger partial charge is 0.272 e. The summed E-state index contributed by atoms with van der Waals surface area (Å²) < 4.78 is 0. The summed E-state index contributed by atoms with van der Waals surface area (Å²) in [4.78, 5) is 18.4. The third-order valence-corrected chi connectivity index (χ3v) is 5.06. The molecule has 1 N–H and O–H groups in total. The topological polar surface area (TPSA) is 54.4 Å². The van der Waals surface area contributed by atoms with Crippen LogP contribution in [0, 0.1) is 0 Å². The molecule has 0 atom stereocenters. The van der Waals surface area contributed by atoms with E-state index in [-0.39, 0.29) is 5.91 Å². The summed E-state index contributed by atoms with van der Waals surface area (Å²) >= 11 is 7.53. The van der Waals surface area contributed by atoms with Gasteiger partial charge in [-0.15, -0.1) is 11.3 Å². The number of carbonyl (C=O) groups is 1. The number of benzene rings is 2. The number of para-hydroxylation sites is 1. The molecule has 0 bridgehead atoms. The number of rotatable bonds is 4. The lowest BCUT2D eigenvalue weighted by Crippen LogP contribution is -2.18. The number of hydrazone groups is 1. The highest BCUT2D eigenvalue weighted by molar-refractivity contribution is 7.11. The number of carbonyl (C=O) groups excluding carboxylic acids is 1. The minimum Gasteiger partial charge on any atom is -0.267 e. The molecule has 1 amide bonds. The fourth-order valence-corrected chi connectivity index (χ4v) is 3.42. The maximum atomic E-state index is 12.8. The second-order valence-electron chi connectivity index (χ2n) is 5.79. The van der Waals surface area contributed by atoms with Crippen molar-refractivity contribution in [3.05, 3.63) is 87.6 Å². The number of hydrogen-bond acceptors (Lipinski definition) is 4. The summed E-state index contributed by atoms with van der Waals surface area (Å²) in [6, 6.07) is 20.6. The molecular formula is C21H14ClN3OS. The van der Waals surface area contributed by atoms with Gasteiger partial charge in [-0.05, 0) is 35.7 Å². The number of aromatic nitrogens is 1. The first-order valence-corrected chi connectivity index (χ1v) is 9.49. The molecule has 0 saturated heterocycles. The number of hydrogen-bond donors (Lipinski definition) is 1. The van der Waals surface area contributed by atoms with Crippen LogP contribution in [0.3, 0.4) is 0 Å². The van der Waals surface area contributed by atoms with Gasteiger partial charge in [-0.1, -0.05) is 48.0 Å². The maximum absolute atomic E-state index is 12.8. The van der Waals surface area contributed by atoms with Gasteiger partial charge in [0.2, 0.25) is 0 Å². The second kappa shape index (κ2) is 7.70. The van der Waals surface area contributed by atoms with Crippen LogP contribution >= 0.6 is 22.9 Å². The highest BCUT2D eigenvalue weighted by Gasteiger charge is 2.13. The number of pyridine rings is 1. The van der Waals surface area contributed by atoms with Crippen molar-refractivity contribution >= 4 is 46.0 Å². The molecule has 4 aromatic rings. The van der Waals surface area contributed by atoms with Crippen molar-refractivity contribution in [2.75, 3.05) is 0 Å². The zero-order valence-electron chi connectivity index (χ0n) is 14.1. The fraction of sp³-hybridized carbons (Fsp3) is 0. The molecule has 0 saturated carbocycles. The Labute approximate surface area is 165 Å². The second-order valence-corrected chi connectivity index (χ2v) is 7.21. The Morgan fingerprint density at radius 3 is 2.67 bits per heavy atom. The number of fused-ring (bicyclic) bond motifs is 1. The Morgan fingerprint density at radius 1 is 1.07 bits per heavy atom. The van der Waals surface area contributed by atoms with Crippen LogP contribution in [-0.2, 0) is 0 Å². The molecular weight excluding hydrogens is 378 g/mol. The van der Waals surface area contributed by atoms with Crippen LogP contribution in [0.1, 0.15) is 15.2 Å². The van der Waals surface area contributed by atoms with E-state index in [2.05, 4.69) is 15.5 Å². The smallest absolute Gasteiger partial charge is 0.267 e. The number of nitrogens with one attached hydrogen (secondary N) is 1. The van der Waals surface area contributed by atoms with Crippen LogP contribution in [0.15, 0.2) is 77.2 Å². The van der Waals surface area contributed by atoms with E-state index in [0.717, 1.165) is 21.3 Å². The van der Waals surface area contributed by atoms with Gasteiger partial charge in [0.05, 0.1) is 23.0 Å². The average molecular weight is 392 g/mol. The number of halogens is 1. The summed E-state index contributed by atoms with van der Waals surface area (Å²) in [5, 5.41) is 7.45. The van der Waals surface area contributed by atoms with E-state index in [4.69, 9.17) is 11.6 Å². The first kappa shape index (κ1) is 17.4. The minimum absolute atomic E-state index is 0.281. The molecule has 0 aliphatic rings. The molecule has 27 heavy (non-hydrogen) atoms. The van der Waals surface area contributed by atoms with Crippen LogP contribution in [0.4, 0.5) is 0 Å². The Morgan fingerprint density at radius 2 is 1.89 bits per heavy atom. The van der Waals surface area contributed by atoms with Gasteiger partial charge in [0.1, 0.15) is 0 Å². The predicted molar refractivity (Wildman–Crippen MR) is 112 cm³/mol. The fourth-order valence-electron chi connectivity index (χ4n) is 2.71. The molecule has 0 fully saturated rings. The summed E-state index contributed by atoms with van der Waals surface area (Å²) in [6.07, 6.45) is 1.63.